The van der Waals surface area contributed by atoms with Crippen LogP contribution in [0.1, 0.15) is 110 Å². The van der Waals surface area contributed by atoms with Gasteiger partial charge in [-0.25, -0.2) is 0 Å². The minimum Gasteiger partial charge on any atom is -0.394 e. The standard InChI is InChI=1S/C25H49NO6/c1-3-4-5-6-7-8-9-10-11-12-13-14-15-16-17-18-31-25-22(26-20(2)28)24(30)23(29)21(19-27)32-25/h21-25,27,29-30H,3-19H2,1-2H3,(H,26,28)/t21-,22-,23-,24-,25-/m0/s1. The molecule has 0 aromatic heterocycles. The number of carbonyl (C=O) groups excluding carboxylic acids is 1. The molecule has 0 aliphatic carbocycles. The number of rotatable bonds is 19. The first kappa shape index (κ1) is 29.3. The van der Waals surface area contributed by atoms with Gasteiger partial charge < -0.3 is 30.1 Å². The Hall–Kier alpha value is -0.730. The molecule has 0 radical (unpaired) electrons. The topological polar surface area (TPSA) is 108 Å². The average molecular weight is 460 g/mol. The van der Waals surface area contributed by atoms with E-state index in [4.69, 9.17) is 9.47 Å². The van der Waals surface area contributed by atoms with Crippen LogP contribution < -0.4 is 5.32 Å². The van der Waals surface area contributed by atoms with Gasteiger partial charge in [-0.3, -0.25) is 4.79 Å². The Bertz CT molecular complexity index is 464. The fourth-order valence-electron chi connectivity index (χ4n) is 4.29. The largest absolute Gasteiger partial charge is 0.394 e. The fraction of sp³-hybridized carbons (Fsp3) is 0.960. The molecule has 1 amide bonds. The van der Waals surface area contributed by atoms with E-state index in [1.54, 1.807) is 0 Å². The van der Waals surface area contributed by atoms with Gasteiger partial charge in [0.25, 0.3) is 0 Å². The van der Waals surface area contributed by atoms with Crippen molar-refractivity contribution >= 4 is 5.91 Å². The summed E-state index contributed by atoms with van der Waals surface area (Å²) in [6, 6.07) is -0.860. The first-order valence-electron chi connectivity index (χ1n) is 13.0. The molecule has 32 heavy (non-hydrogen) atoms. The van der Waals surface area contributed by atoms with Crippen molar-refractivity contribution in [3.63, 3.8) is 0 Å². The smallest absolute Gasteiger partial charge is 0.217 e. The van der Waals surface area contributed by atoms with Crippen molar-refractivity contribution in [3.8, 4) is 0 Å². The number of aliphatic hydroxyl groups is 3. The highest BCUT2D eigenvalue weighted by molar-refractivity contribution is 5.73. The quantitative estimate of drug-likeness (QED) is 0.219. The summed E-state index contributed by atoms with van der Waals surface area (Å²) in [6.45, 7) is 3.62. The van der Waals surface area contributed by atoms with Gasteiger partial charge in [-0.15, -0.1) is 0 Å². The molecule has 7 heteroatoms. The van der Waals surface area contributed by atoms with E-state index in [2.05, 4.69) is 12.2 Å². The first-order valence-corrected chi connectivity index (χ1v) is 13.0. The Morgan fingerprint density at radius 1 is 0.812 bits per heavy atom. The summed E-state index contributed by atoms with van der Waals surface area (Å²) < 4.78 is 11.3. The summed E-state index contributed by atoms with van der Waals surface area (Å²) in [5.74, 6) is -0.340. The third-order valence-corrected chi connectivity index (χ3v) is 6.28. The summed E-state index contributed by atoms with van der Waals surface area (Å²) in [7, 11) is 0. The second-order valence-electron chi connectivity index (χ2n) is 9.25. The number of ether oxygens (including phenoxy) is 2. The molecule has 1 aliphatic rings. The molecule has 1 fully saturated rings. The Morgan fingerprint density at radius 3 is 1.72 bits per heavy atom. The van der Waals surface area contributed by atoms with Crippen LogP contribution >= 0.6 is 0 Å². The summed E-state index contributed by atoms with van der Waals surface area (Å²) in [4.78, 5) is 11.4. The second kappa shape index (κ2) is 18.7. The first-order chi connectivity index (χ1) is 15.5. The number of hydrogen-bond donors (Lipinski definition) is 4. The van der Waals surface area contributed by atoms with E-state index in [0.29, 0.717) is 6.61 Å². The van der Waals surface area contributed by atoms with Crippen LogP contribution in [-0.2, 0) is 14.3 Å². The van der Waals surface area contributed by atoms with E-state index >= 15 is 0 Å². The molecular weight excluding hydrogens is 410 g/mol. The van der Waals surface area contributed by atoms with Gasteiger partial charge in [0.1, 0.15) is 24.4 Å². The molecule has 0 saturated carbocycles. The summed E-state index contributed by atoms with van der Waals surface area (Å²) in [6.07, 6.45) is 15.0. The molecule has 1 aliphatic heterocycles. The molecule has 190 valence electrons. The van der Waals surface area contributed by atoms with E-state index in [9.17, 15) is 20.1 Å². The highest BCUT2D eigenvalue weighted by Gasteiger charge is 2.45. The van der Waals surface area contributed by atoms with E-state index in [1.165, 1.54) is 90.4 Å². The summed E-state index contributed by atoms with van der Waals surface area (Å²) in [5.41, 5.74) is 0. The zero-order valence-corrected chi connectivity index (χ0v) is 20.5. The van der Waals surface area contributed by atoms with Crippen LogP contribution in [0.15, 0.2) is 0 Å². The van der Waals surface area contributed by atoms with Gasteiger partial charge in [0.15, 0.2) is 6.29 Å². The second-order valence-corrected chi connectivity index (χ2v) is 9.25. The van der Waals surface area contributed by atoms with Crippen molar-refractivity contribution in [2.75, 3.05) is 13.2 Å². The zero-order chi connectivity index (χ0) is 23.6. The predicted molar refractivity (Wildman–Crippen MR) is 126 cm³/mol. The average Bonchev–Trinajstić information content (AvgIpc) is 2.77. The molecule has 0 bridgehead atoms. The molecule has 0 aromatic rings. The Kier molecular flexibility index (Phi) is 17.1. The maximum atomic E-state index is 11.4. The minimum absolute atomic E-state index is 0.340. The molecule has 4 N–H and O–H groups in total. The predicted octanol–water partition coefficient (Wildman–Crippen LogP) is 3.82. The normalized spacial score (nSPS) is 25.7. The molecule has 1 rings (SSSR count). The minimum atomic E-state index is -1.28. The van der Waals surface area contributed by atoms with Gasteiger partial charge in [0.2, 0.25) is 5.91 Å². The van der Waals surface area contributed by atoms with Crippen LogP contribution in [0.25, 0.3) is 0 Å². The van der Waals surface area contributed by atoms with Crippen molar-refractivity contribution in [1.29, 1.82) is 0 Å². The van der Waals surface area contributed by atoms with Gasteiger partial charge in [0, 0.05) is 13.5 Å². The Morgan fingerprint density at radius 2 is 1.28 bits per heavy atom. The SMILES string of the molecule is CCCCCCCCCCCCCCCCCO[C@H]1O[C@@H](CO)[C@H](O)[C@@H](O)[C@@H]1NC(C)=O. The van der Waals surface area contributed by atoms with Crippen molar-refractivity contribution < 1.29 is 29.6 Å². The van der Waals surface area contributed by atoms with Crippen molar-refractivity contribution in [1.82, 2.24) is 5.32 Å². The van der Waals surface area contributed by atoms with E-state index in [-0.39, 0.29) is 5.91 Å². The van der Waals surface area contributed by atoms with Crippen molar-refractivity contribution in [2.45, 2.75) is 141 Å². The third-order valence-electron chi connectivity index (χ3n) is 6.28. The van der Waals surface area contributed by atoms with E-state index in [1.807, 2.05) is 0 Å². The van der Waals surface area contributed by atoms with Crippen LogP contribution in [-0.4, -0.2) is 65.1 Å². The van der Waals surface area contributed by atoms with Crippen LogP contribution in [0.5, 0.6) is 0 Å². The highest BCUT2D eigenvalue weighted by atomic mass is 16.7. The number of nitrogens with one attached hydrogen (secondary N) is 1. The molecule has 0 spiro atoms. The van der Waals surface area contributed by atoms with Gasteiger partial charge in [-0.05, 0) is 6.42 Å². The lowest BCUT2D eigenvalue weighted by atomic mass is 9.97. The maximum absolute atomic E-state index is 11.4. The third kappa shape index (κ3) is 12.5. The molecule has 7 nitrogen and oxygen atoms in total. The summed E-state index contributed by atoms with van der Waals surface area (Å²) in [5, 5.41) is 32.2. The Labute approximate surface area is 195 Å². The van der Waals surface area contributed by atoms with Gasteiger partial charge >= 0.3 is 0 Å². The van der Waals surface area contributed by atoms with E-state index in [0.717, 1.165) is 12.8 Å². The summed E-state index contributed by atoms with van der Waals surface area (Å²) >= 11 is 0. The number of carbonyl (C=O) groups is 1. The van der Waals surface area contributed by atoms with Crippen LogP contribution in [0.4, 0.5) is 0 Å². The van der Waals surface area contributed by atoms with Crippen molar-refractivity contribution in [2.24, 2.45) is 0 Å². The molecule has 0 aromatic carbocycles. The molecular formula is C25H49NO6. The van der Waals surface area contributed by atoms with Gasteiger partial charge in [0.05, 0.1) is 6.61 Å². The number of unbranched alkanes of at least 4 members (excludes halogenated alkanes) is 14. The number of aliphatic hydroxyl groups excluding tert-OH is 3. The zero-order valence-electron chi connectivity index (χ0n) is 20.5. The molecule has 1 saturated heterocycles. The van der Waals surface area contributed by atoms with Gasteiger partial charge in [-0.1, -0.05) is 96.8 Å². The maximum Gasteiger partial charge on any atom is 0.217 e. The monoisotopic (exact) mass is 459 g/mol. The fourth-order valence-corrected chi connectivity index (χ4v) is 4.29. The number of hydrogen-bond acceptors (Lipinski definition) is 6. The van der Waals surface area contributed by atoms with Gasteiger partial charge in [-0.2, -0.15) is 0 Å². The Balaban J connectivity index is 2.04. The van der Waals surface area contributed by atoms with Crippen LogP contribution in [0, 0.1) is 0 Å². The van der Waals surface area contributed by atoms with Crippen LogP contribution in [0.3, 0.4) is 0 Å². The molecule has 5 atom stereocenters. The molecule has 0 unspecified atom stereocenters. The van der Waals surface area contributed by atoms with E-state index < -0.39 is 37.3 Å². The lowest BCUT2D eigenvalue weighted by molar-refractivity contribution is -0.270. The lowest BCUT2D eigenvalue weighted by Gasteiger charge is -2.42. The lowest BCUT2D eigenvalue weighted by Crippen LogP contribution is -2.64. The number of amides is 1. The van der Waals surface area contributed by atoms with Crippen LogP contribution in [0.2, 0.25) is 0 Å². The molecule has 1 heterocycles. The van der Waals surface area contributed by atoms with Crippen molar-refractivity contribution in [3.05, 3.63) is 0 Å². The highest BCUT2D eigenvalue weighted by Crippen LogP contribution is 2.22.